The van der Waals surface area contributed by atoms with E-state index in [1.165, 1.54) is 0 Å². The average Bonchev–Trinajstić information content (AvgIpc) is 3.61. The molecule has 0 bridgehead atoms. The summed E-state index contributed by atoms with van der Waals surface area (Å²) >= 11 is 0. The van der Waals surface area contributed by atoms with E-state index in [-0.39, 0.29) is 18.6 Å². The molecular formula is C28H36N2O8. The van der Waals surface area contributed by atoms with Crippen LogP contribution in [0.15, 0.2) is 24.3 Å². The second-order valence-corrected chi connectivity index (χ2v) is 12.1. The number of nitrogens with zero attached hydrogens (tertiary/aromatic N) is 1. The summed E-state index contributed by atoms with van der Waals surface area (Å²) in [7, 11) is 0. The number of anilines is 1. The van der Waals surface area contributed by atoms with Gasteiger partial charge in [0.1, 0.15) is 23.9 Å². The number of ether oxygens (including phenoxy) is 6. The van der Waals surface area contributed by atoms with Gasteiger partial charge in [-0.05, 0) is 60.1 Å². The number of esters is 1. The quantitative estimate of drug-likeness (QED) is 0.593. The molecule has 10 heteroatoms. The van der Waals surface area contributed by atoms with Crippen LogP contribution in [0.25, 0.3) is 0 Å². The van der Waals surface area contributed by atoms with Gasteiger partial charge in [-0.25, -0.2) is 0 Å². The SMILES string of the molecule is CCOC(=O)[C@@H]1[C@@H](C2O[C@@H]3OC(C)(C)OC3C3OC(C)(C)O[C@H]32)C2CCCN2[C@@]12C(=O)Nc1ccccc12. The first kappa shape index (κ1) is 24.9. The Balaban J connectivity index is 1.38. The lowest BCUT2D eigenvalue weighted by atomic mass is 9.70. The van der Waals surface area contributed by atoms with E-state index >= 15 is 0 Å². The molecule has 1 N–H and O–H groups in total. The smallest absolute Gasteiger partial charge is 0.312 e. The number of carbonyl (C=O) groups is 2. The molecule has 10 nitrogen and oxygen atoms in total. The van der Waals surface area contributed by atoms with E-state index in [1.807, 2.05) is 52.0 Å². The van der Waals surface area contributed by atoms with E-state index in [0.29, 0.717) is 6.54 Å². The molecule has 5 saturated heterocycles. The van der Waals surface area contributed by atoms with Crippen LogP contribution >= 0.6 is 0 Å². The van der Waals surface area contributed by atoms with E-state index in [2.05, 4.69) is 10.2 Å². The Morgan fingerprint density at radius 1 is 1.03 bits per heavy atom. The maximum atomic E-state index is 14.0. The summed E-state index contributed by atoms with van der Waals surface area (Å²) in [6.07, 6.45) is -0.961. The van der Waals surface area contributed by atoms with Crippen molar-refractivity contribution in [3.05, 3.63) is 29.8 Å². The molecule has 1 aromatic carbocycles. The van der Waals surface area contributed by atoms with Crippen LogP contribution < -0.4 is 5.32 Å². The van der Waals surface area contributed by atoms with Gasteiger partial charge in [0.2, 0.25) is 0 Å². The molecule has 5 fully saturated rings. The highest BCUT2D eigenvalue weighted by Crippen LogP contribution is 2.61. The number of para-hydroxylation sites is 1. The molecule has 0 radical (unpaired) electrons. The molecule has 206 valence electrons. The predicted octanol–water partition coefficient (Wildman–Crippen LogP) is 2.50. The Kier molecular flexibility index (Phi) is 5.39. The first-order valence-electron chi connectivity index (χ1n) is 13.8. The molecule has 0 aliphatic carbocycles. The third-order valence-corrected chi connectivity index (χ3v) is 9.07. The largest absolute Gasteiger partial charge is 0.466 e. The van der Waals surface area contributed by atoms with Crippen molar-refractivity contribution in [2.24, 2.45) is 11.8 Å². The highest BCUT2D eigenvalue weighted by molar-refractivity contribution is 6.09. The molecule has 0 saturated carbocycles. The van der Waals surface area contributed by atoms with Crippen LogP contribution in [0.5, 0.6) is 0 Å². The fourth-order valence-electron chi connectivity index (χ4n) is 8.09. The van der Waals surface area contributed by atoms with Crippen LogP contribution in [-0.4, -0.2) is 78.2 Å². The monoisotopic (exact) mass is 528 g/mol. The third-order valence-electron chi connectivity index (χ3n) is 9.07. The maximum Gasteiger partial charge on any atom is 0.312 e. The van der Waals surface area contributed by atoms with Gasteiger partial charge in [0, 0.05) is 23.2 Å². The van der Waals surface area contributed by atoms with Crippen molar-refractivity contribution >= 4 is 17.6 Å². The van der Waals surface area contributed by atoms with Gasteiger partial charge < -0.3 is 33.7 Å². The summed E-state index contributed by atoms with van der Waals surface area (Å²) in [6, 6.07) is 7.56. The molecule has 6 aliphatic rings. The number of carbonyl (C=O) groups excluding carboxylic acids is 2. The zero-order chi connectivity index (χ0) is 26.6. The molecule has 0 aromatic heterocycles. The second-order valence-electron chi connectivity index (χ2n) is 12.1. The van der Waals surface area contributed by atoms with Crippen molar-refractivity contribution in [1.82, 2.24) is 4.90 Å². The minimum atomic E-state index is -1.19. The summed E-state index contributed by atoms with van der Waals surface area (Å²) in [4.78, 5) is 30.2. The normalized spacial score (nSPS) is 44.0. The highest BCUT2D eigenvalue weighted by Gasteiger charge is 2.74. The summed E-state index contributed by atoms with van der Waals surface area (Å²) in [5.74, 6) is -3.52. The Morgan fingerprint density at radius 3 is 2.47 bits per heavy atom. The van der Waals surface area contributed by atoms with Crippen LogP contribution in [-0.2, 0) is 43.5 Å². The van der Waals surface area contributed by atoms with Crippen molar-refractivity contribution in [1.29, 1.82) is 0 Å². The molecule has 6 heterocycles. The Labute approximate surface area is 222 Å². The highest BCUT2D eigenvalue weighted by atomic mass is 16.9. The summed E-state index contributed by atoms with van der Waals surface area (Å²) in [5.41, 5.74) is 0.357. The molecule has 4 unspecified atom stereocenters. The van der Waals surface area contributed by atoms with Gasteiger partial charge in [-0.3, -0.25) is 14.5 Å². The lowest BCUT2D eigenvalue weighted by Gasteiger charge is -2.42. The second kappa shape index (κ2) is 8.22. The van der Waals surface area contributed by atoms with Crippen molar-refractivity contribution in [3.8, 4) is 0 Å². The fraction of sp³-hybridized carbons (Fsp3) is 0.714. The van der Waals surface area contributed by atoms with Crippen LogP contribution in [0.3, 0.4) is 0 Å². The van der Waals surface area contributed by atoms with Crippen LogP contribution in [0.1, 0.15) is 53.0 Å². The predicted molar refractivity (Wildman–Crippen MR) is 133 cm³/mol. The topological polar surface area (TPSA) is 105 Å². The van der Waals surface area contributed by atoms with Crippen LogP contribution in [0.2, 0.25) is 0 Å². The number of benzene rings is 1. The molecule has 1 amide bonds. The van der Waals surface area contributed by atoms with E-state index in [0.717, 1.165) is 24.1 Å². The zero-order valence-corrected chi connectivity index (χ0v) is 22.5. The molecule has 6 aliphatic heterocycles. The van der Waals surface area contributed by atoms with Crippen LogP contribution in [0, 0.1) is 11.8 Å². The van der Waals surface area contributed by atoms with E-state index in [1.54, 1.807) is 6.92 Å². The van der Waals surface area contributed by atoms with Gasteiger partial charge in [0.15, 0.2) is 17.9 Å². The maximum absolute atomic E-state index is 14.0. The minimum absolute atomic E-state index is 0.0915. The number of amides is 1. The van der Waals surface area contributed by atoms with Gasteiger partial charge in [-0.15, -0.1) is 0 Å². The lowest BCUT2D eigenvalue weighted by molar-refractivity contribution is -0.249. The summed E-state index contributed by atoms with van der Waals surface area (Å²) in [5, 5.41) is 3.07. The van der Waals surface area contributed by atoms with Gasteiger partial charge in [0.05, 0.1) is 18.6 Å². The summed E-state index contributed by atoms with van der Waals surface area (Å²) < 4.78 is 37.7. The minimum Gasteiger partial charge on any atom is -0.466 e. The summed E-state index contributed by atoms with van der Waals surface area (Å²) in [6.45, 7) is 10.2. The molecule has 9 atom stereocenters. The molecule has 1 spiro atoms. The molecule has 7 rings (SSSR count). The van der Waals surface area contributed by atoms with E-state index < -0.39 is 65.6 Å². The Morgan fingerprint density at radius 2 is 1.71 bits per heavy atom. The number of nitrogens with one attached hydrogen (secondary N) is 1. The van der Waals surface area contributed by atoms with Crippen molar-refractivity contribution < 1.29 is 38.0 Å². The average molecular weight is 529 g/mol. The Bertz CT molecular complexity index is 1170. The standard InChI is InChI=1S/C28H36N2O8/c1-6-33-23(31)18-17(16-12-9-13-30(16)28(18)14-10-7-8-11-15(14)29-25(28)32)19-20-21(36-26(2,3)35-20)22-24(34-19)38-27(4,5)37-22/h7-8,10-11,16-22,24H,6,9,12-13H2,1-5H3,(H,29,32)/t16?,17-,18-,19?,20-,21?,22?,24+,28+/m0/s1. The van der Waals surface area contributed by atoms with E-state index in [4.69, 9.17) is 28.4 Å². The van der Waals surface area contributed by atoms with E-state index in [9.17, 15) is 9.59 Å². The molecular weight excluding hydrogens is 492 g/mol. The zero-order valence-electron chi connectivity index (χ0n) is 22.5. The van der Waals surface area contributed by atoms with Gasteiger partial charge in [0.25, 0.3) is 5.91 Å². The number of hydrogen-bond acceptors (Lipinski definition) is 9. The Hall–Kier alpha value is -2.08. The van der Waals surface area contributed by atoms with Crippen molar-refractivity contribution in [2.45, 2.75) is 101 Å². The third kappa shape index (κ3) is 3.28. The lowest BCUT2D eigenvalue weighted by Crippen LogP contribution is -2.60. The van der Waals surface area contributed by atoms with Crippen molar-refractivity contribution in [3.63, 3.8) is 0 Å². The van der Waals surface area contributed by atoms with Crippen molar-refractivity contribution in [2.75, 3.05) is 18.5 Å². The molecule has 38 heavy (non-hydrogen) atoms. The fourth-order valence-corrected chi connectivity index (χ4v) is 8.09. The first-order chi connectivity index (χ1) is 18.1. The van der Waals surface area contributed by atoms with Gasteiger partial charge in [-0.1, -0.05) is 18.2 Å². The number of hydrogen-bond donors (Lipinski definition) is 1. The molecule has 1 aromatic rings. The number of fused-ring (bicyclic) bond motifs is 7. The van der Waals surface area contributed by atoms with Gasteiger partial charge in [-0.2, -0.15) is 0 Å². The number of rotatable bonds is 3. The first-order valence-corrected chi connectivity index (χ1v) is 13.8. The van der Waals surface area contributed by atoms with Gasteiger partial charge >= 0.3 is 5.97 Å². The van der Waals surface area contributed by atoms with Crippen LogP contribution in [0.4, 0.5) is 5.69 Å².